The van der Waals surface area contributed by atoms with Crippen molar-refractivity contribution < 1.29 is 28.2 Å². The van der Waals surface area contributed by atoms with Crippen molar-refractivity contribution in [1.29, 1.82) is 0 Å². The van der Waals surface area contributed by atoms with Crippen LogP contribution in [-0.2, 0) is 17.4 Å². The quantitative estimate of drug-likeness (QED) is 0.856. The molecule has 0 aliphatic carbocycles. The Labute approximate surface area is 95.5 Å². The van der Waals surface area contributed by atoms with Gasteiger partial charge in [0.25, 0.3) is 0 Å². The fourth-order valence-electron chi connectivity index (χ4n) is 1.34. The summed E-state index contributed by atoms with van der Waals surface area (Å²) in [5.74, 6) is -2.17. The van der Waals surface area contributed by atoms with Gasteiger partial charge in [0.1, 0.15) is 0 Å². The van der Waals surface area contributed by atoms with Crippen molar-refractivity contribution >= 4 is 5.97 Å². The maximum atomic E-state index is 12.2. The van der Waals surface area contributed by atoms with Crippen LogP contribution in [0.1, 0.15) is 11.1 Å². The van der Waals surface area contributed by atoms with E-state index in [1.807, 2.05) is 0 Å². The summed E-state index contributed by atoms with van der Waals surface area (Å²) in [5, 5.41) is 17.5. The summed E-state index contributed by atoms with van der Waals surface area (Å²) in [6.07, 6.45) is -4.40. The Morgan fingerprint density at radius 3 is 2.12 bits per heavy atom. The standard InChI is InChI=1S/C11H11F3O3/c12-11(13,14)9-3-1-7(2-4-9)5-8(6-15)10(16)17/h1-4,8,15H,5-6H2,(H,16,17). The SMILES string of the molecule is O=C(O)C(CO)Cc1ccc(C(F)(F)F)cc1. The van der Waals surface area contributed by atoms with Gasteiger partial charge < -0.3 is 10.2 Å². The van der Waals surface area contributed by atoms with E-state index in [0.29, 0.717) is 5.56 Å². The van der Waals surface area contributed by atoms with Crippen molar-refractivity contribution in [3.63, 3.8) is 0 Å². The summed E-state index contributed by atoms with van der Waals surface area (Å²) in [6.45, 7) is -0.545. The molecule has 0 aliphatic rings. The largest absolute Gasteiger partial charge is 0.481 e. The van der Waals surface area contributed by atoms with Crippen molar-refractivity contribution in [2.75, 3.05) is 6.61 Å². The van der Waals surface area contributed by atoms with Gasteiger partial charge in [-0.3, -0.25) is 4.79 Å². The van der Waals surface area contributed by atoms with Gasteiger partial charge in [0.15, 0.2) is 0 Å². The molecule has 0 fully saturated rings. The number of carbonyl (C=O) groups is 1. The first-order chi connectivity index (χ1) is 7.84. The predicted molar refractivity (Wildman–Crippen MR) is 53.4 cm³/mol. The predicted octanol–water partition coefficient (Wildman–Crippen LogP) is 1.94. The van der Waals surface area contributed by atoms with Gasteiger partial charge in [-0.1, -0.05) is 12.1 Å². The van der Waals surface area contributed by atoms with E-state index in [4.69, 9.17) is 10.2 Å². The highest BCUT2D eigenvalue weighted by molar-refractivity contribution is 5.70. The van der Waals surface area contributed by atoms with Crippen molar-refractivity contribution in [3.8, 4) is 0 Å². The molecular formula is C11H11F3O3. The zero-order chi connectivity index (χ0) is 13.1. The van der Waals surface area contributed by atoms with E-state index in [2.05, 4.69) is 0 Å². The molecule has 2 N–H and O–H groups in total. The molecule has 0 heterocycles. The van der Waals surface area contributed by atoms with Crippen LogP contribution in [0.4, 0.5) is 13.2 Å². The lowest BCUT2D eigenvalue weighted by Crippen LogP contribution is -2.20. The van der Waals surface area contributed by atoms with Crippen LogP contribution in [0.15, 0.2) is 24.3 Å². The zero-order valence-corrected chi connectivity index (χ0v) is 8.74. The highest BCUT2D eigenvalue weighted by atomic mass is 19.4. The second-order valence-corrected chi connectivity index (χ2v) is 3.62. The molecule has 0 saturated heterocycles. The van der Waals surface area contributed by atoms with Crippen molar-refractivity contribution in [3.05, 3.63) is 35.4 Å². The average Bonchev–Trinajstić information content (AvgIpc) is 2.25. The third-order valence-electron chi connectivity index (χ3n) is 2.33. The average molecular weight is 248 g/mol. The Balaban J connectivity index is 2.78. The van der Waals surface area contributed by atoms with E-state index in [-0.39, 0.29) is 6.42 Å². The van der Waals surface area contributed by atoms with Gasteiger partial charge in [-0.05, 0) is 24.1 Å². The molecule has 6 heteroatoms. The van der Waals surface area contributed by atoms with Gasteiger partial charge in [0, 0.05) is 0 Å². The third kappa shape index (κ3) is 3.74. The summed E-state index contributed by atoms with van der Waals surface area (Å²) in [7, 11) is 0. The molecule has 0 aromatic heterocycles. The normalized spacial score (nSPS) is 13.4. The number of alkyl halides is 3. The summed E-state index contributed by atoms with van der Waals surface area (Å²) >= 11 is 0. The maximum absolute atomic E-state index is 12.2. The van der Waals surface area contributed by atoms with Gasteiger partial charge in [-0.2, -0.15) is 13.2 Å². The van der Waals surface area contributed by atoms with Crippen molar-refractivity contribution in [2.45, 2.75) is 12.6 Å². The van der Waals surface area contributed by atoms with Gasteiger partial charge in [0.05, 0.1) is 18.1 Å². The fraction of sp³-hybridized carbons (Fsp3) is 0.364. The van der Waals surface area contributed by atoms with Crippen LogP contribution in [0.5, 0.6) is 0 Å². The van der Waals surface area contributed by atoms with E-state index in [1.165, 1.54) is 12.1 Å². The van der Waals surface area contributed by atoms with Gasteiger partial charge in [-0.15, -0.1) is 0 Å². The minimum absolute atomic E-state index is 0.00394. The Kier molecular flexibility index (Phi) is 4.11. The van der Waals surface area contributed by atoms with E-state index >= 15 is 0 Å². The molecule has 0 amide bonds. The van der Waals surface area contributed by atoms with E-state index in [1.54, 1.807) is 0 Å². The number of rotatable bonds is 4. The smallest absolute Gasteiger partial charge is 0.416 e. The van der Waals surface area contributed by atoms with Gasteiger partial charge in [0.2, 0.25) is 0 Å². The molecule has 1 aromatic rings. The number of carboxylic acids is 1. The van der Waals surface area contributed by atoms with Crippen LogP contribution in [0.25, 0.3) is 0 Å². The molecule has 0 saturated carbocycles. The van der Waals surface area contributed by atoms with Crippen LogP contribution >= 0.6 is 0 Å². The molecule has 0 aliphatic heterocycles. The summed E-state index contributed by atoms with van der Waals surface area (Å²) < 4.78 is 36.7. The minimum atomic E-state index is -4.40. The van der Waals surface area contributed by atoms with Crippen molar-refractivity contribution in [1.82, 2.24) is 0 Å². The number of halogens is 3. The minimum Gasteiger partial charge on any atom is -0.481 e. The zero-order valence-electron chi connectivity index (χ0n) is 8.74. The lowest BCUT2D eigenvalue weighted by Gasteiger charge is -2.10. The molecule has 17 heavy (non-hydrogen) atoms. The highest BCUT2D eigenvalue weighted by Gasteiger charge is 2.30. The Hall–Kier alpha value is -1.56. The number of benzene rings is 1. The number of aliphatic carboxylic acids is 1. The van der Waals surface area contributed by atoms with E-state index < -0.39 is 30.2 Å². The van der Waals surface area contributed by atoms with Crippen LogP contribution in [0, 0.1) is 5.92 Å². The second-order valence-electron chi connectivity index (χ2n) is 3.62. The molecule has 3 nitrogen and oxygen atoms in total. The number of carboxylic acid groups (broad SMARTS) is 1. The lowest BCUT2D eigenvalue weighted by atomic mass is 9.99. The van der Waals surface area contributed by atoms with E-state index in [9.17, 15) is 18.0 Å². The van der Waals surface area contributed by atoms with Crippen LogP contribution in [-0.4, -0.2) is 22.8 Å². The first-order valence-electron chi connectivity index (χ1n) is 4.84. The summed E-state index contributed by atoms with van der Waals surface area (Å²) in [4.78, 5) is 10.6. The summed E-state index contributed by atoms with van der Waals surface area (Å²) in [6, 6.07) is 4.22. The van der Waals surface area contributed by atoms with Crippen LogP contribution in [0.2, 0.25) is 0 Å². The molecule has 1 atom stereocenters. The molecule has 0 spiro atoms. The Bertz CT molecular complexity index is 384. The Morgan fingerprint density at radius 2 is 1.76 bits per heavy atom. The topological polar surface area (TPSA) is 57.5 Å². The first kappa shape index (κ1) is 13.5. The molecule has 0 radical (unpaired) electrons. The molecule has 1 rings (SSSR count). The highest BCUT2D eigenvalue weighted by Crippen LogP contribution is 2.29. The maximum Gasteiger partial charge on any atom is 0.416 e. The van der Waals surface area contributed by atoms with Gasteiger partial charge in [-0.25, -0.2) is 0 Å². The Morgan fingerprint density at radius 1 is 1.24 bits per heavy atom. The second kappa shape index (κ2) is 5.18. The molecule has 1 unspecified atom stereocenters. The van der Waals surface area contributed by atoms with E-state index in [0.717, 1.165) is 12.1 Å². The fourth-order valence-corrected chi connectivity index (χ4v) is 1.34. The molecule has 0 bridgehead atoms. The van der Waals surface area contributed by atoms with Crippen LogP contribution in [0.3, 0.4) is 0 Å². The molecular weight excluding hydrogens is 237 g/mol. The van der Waals surface area contributed by atoms with Crippen molar-refractivity contribution in [2.24, 2.45) is 5.92 Å². The molecule has 94 valence electrons. The van der Waals surface area contributed by atoms with Crippen LogP contribution < -0.4 is 0 Å². The first-order valence-corrected chi connectivity index (χ1v) is 4.84. The number of aliphatic hydroxyl groups excluding tert-OH is 1. The monoisotopic (exact) mass is 248 g/mol. The third-order valence-corrected chi connectivity index (χ3v) is 2.33. The summed E-state index contributed by atoms with van der Waals surface area (Å²) in [5.41, 5.74) is -0.337. The lowest BCUT2D eigenvalue weighted by molar-refractivity contribution is -0.143. The number of hydrogen-bond acceptors (Lipinski definition) is 2. The number of hydrogen-bond donors (Lipinski definition) is 2. The molecule has 1 aromatic carbocycles. The number of aliphatic hydroxyl groups is 1. The van der Waals surface area contributed by atoms with Gasteiger partial charge >= 0.3 is 12.1 Å².